The number of halogens is 2. The van der Waals surface area contributed by atoms with Crippen molar-refractivity contribution in [2.24, 2.45) is 5.73 Å². The maximum absolute atomic E-state index is 12.8. The van der Waals surface area contributed by atoms with E-state index < -0.39 is 12.1 Å². The molecule has 0 aliphatic carbocycles. The van der Waals surface area contributed by atoms with Gasteiger partial charge in [0.15, 0.2) is 0 Å². The average Bonchev–Trinajstić information content (AvgIpc) is 2.25. The number of amides is 1. The van der Waals surface area contributed by atoms with E-state index in [1.807, 2.05) is 22.6 Å². The van der Waals surface area contributed by atoms with Gasteiger partial charge in [-0.2, -0.15) is 0 Å². The highest BCUT2D eigenvalue weighted by Crippen LogP contribution is 2.13. The average molecular weight is 352 g/mol. The van der Waals surface area contributed by atoms with Gasteiger partial charge in [-0.05, 0) is 47.7 Å². The van der Waals surface area contributed by atoms with Gasteiger partial charge in [0.2, 0.25) is 0 Å². The zero-order valence-corrected chi connectivity index (χ0v) is 11.4. The molecular weight excluding hydrogens is 338 g/mol. The Bertz CT molecular complexity index is 412. The smallest absolute Gasteiger partial charge is 0.252 e. The Morgan fingerprint density at radius 2 is 2.29 bits per heavy atom. The van der Waals surface area contributed by atoms with Gasteiger partial charge in [-0.15, -0.1) is 0 Å². The highest BCUT2D eigenvalue weighted by Gasteiger charge is 2.14. The second-order valence-corrected chi connectivity index (χ2v) is 4.90. The first-order valence-corrected chi connectivity index (χ1v) is 6.16. The van der Waals surface area contributed by atoms with E-state index in [0.29, 0.717) is 9.13 Å². The number of nitrogens with two attached hydrogens (primary N) is 1. The number of aliphatic hydroxyl groups is 1. The molecule has 4 N–H and O–H groups in total. The molecule has 2 atom stereocenters. The van der Waals surface area contributed by atoms with Crippen molar-refractivity contribution < 1.29 is 14.3 Å². The van der Waals surface area contributed by atoms with Crippen LogP contribution in [-0.2, 0) is 0 Å². The largest absolute Gasteiger partial charge is 0.392 e. The molecule has 2 unspecified atom stereocenters. The van der Waals surface area contributed by atoms with Gasteiger partial charge < -0.3 is 16.2 Å². The summed E-state index contributed by atoms with van der Waals surface area (Å²) in [5, 5.41) is 11.8. The predicted molar refractivity (Wildman–Crippen MR) is 71.1 cm³/mol. The lowest BCUT2D eigenvalue weighted by Crippen LogP contribution is -2.43. The Kier molecular flexibility index (Phi) is 5.29. The number of aliphatic hydroxyl groups excluding tert-OH is 1. The summed E-state index contributed by atoms with van der Waals surface area (Å²) in [5.41, 5.74) is 5.97. The molecule has 0 aliphatic heterocycles. The molecule has 6 heteroatoms. The quantitative estimate of drug-likeness (QED) is 0.704. The van der Waals surface area contributed by atoms with Crippen molar-refractivity contribution in [2.75, 3.05) is 6.54 Å². The van der Waals surface area contributed by atoms with E-state index >= 15 is 0 Å². The lowest BCUT2D eigenvalue weighted by Gasteiger charge is -2.15. The molecule has 0 aromatic heterocycles. The zero-order valence-electron chi connectivity index (χ0n) is 9.28. The van der Waals surface area contributed by atoms with Gasteiger partial charge in [0.25, 0.3) is 5.91 Å². The summed E-state index contributed by atoms with van der Waals surface area (Å²) in [6, 6.07) is 3.41. The molecule has 0 spiro atoms. The molecule has 4 nitrogen and oxygen atoms in total. The van der Waals surface area contributed by atoms with E-state index in [0.717, 1.165) is 0 Å². The SMILES string of the molecule is CC(O)C(N)CNC(=O)c1ccc(F)cc1I. The first-order chi connectivity index (χ1) is 7.91. The maximum atomic E-state index is 12.8. The van der Waals surface area contributed by atoms with Crippen molar-refractivity contribution in [1.29, 1.82) is 0 Å². The van der Waals surface area contributed by atoms with Crippen LogP contribution in [0.2, 0.25) is 0 Å². The van der Waals surface area contributed by atoms with E-state index in [4.69, 9.17) is 10.8 Å². The van der Waals surface area contributed by atoms with Crippen molar-refractivity contribution in [3.63, 3.8) is 0 Å². The van der Waals surface area contributed by atoms with E-state index in [-0.39, 0.29) is 18.3 Å². The van der Waals surface area contributed by atoms with Gasteiger partial charge >= 0.3 is 0 Å². The molecule has 0 heterocycles. The third kappa shape index (κ3) is 4.21. The number of carbonyl (C=O) groups excluding carboxylic acids is 1. The Balaban J connectivity index is 2.64. The van der Waals surface area contributed by atoms with Crippen LogP contribution in [-0.4, -0.2) is 29.7 Å². The monoisotopic (exact) mass is 352 g/mol. The van der Waals surface area contributed by atoms with E-state index in [1.165, 1.54) is 18.2 Å². The molecule has 0 fully saturated rings. The Labute approximate surface area is 113 Å². The summed E-state index contributed by atoms with van der Waals surface area (Å²) >= 11 is 1.89. The first-order valence-electron chi connectivity index (χ1n) is 5.08. The standard InChI is InChI=1S/C11H14FIN2O2/c1-6(16)10(14)5-15-11(17)8-3-2-7(12)4-9(8)13/h2-4,6,10,16H,5,14H2,1H3,(H,15,17). The van der Waals surface area contributed by atoms with Gasteiger partial charge in [0.1, 0.15) is 5.82 Å². The number of rotatable bonds is 4. The number of hydrogen-bond acceptors (Lipinski definition) is 3. The Hall–Kier alpha value is -0.730. The van der Waals surface area contributed by atoms with Crippen molar-refractivity contribution in [2.45, 2.75) is 19.1 Å². The minimum atomic E-state index is -0.692. The van der Waals surface area contributed by atoms with Gasteiger partial charge in [-0.3, -0.25) is 4.79 Å². The third-order valence-corrected chi connectivity index (χ3v) is 3.19. The van der Waals surface area contributed by atoms with Crippen LogP contribution < -0.4 is 11.1 Å². The van der Waals surface area contributed by atoms with E-state index in [9.17, 15) is 9.18 Å². The number of hydrogen-bond donors (Lipinski definition) is 3. The second kappa shape index (κ2) is 6.27. The number of nitrogens with one attached hydrogen (secondary N) is 1. The van der Waals surface area contributed by atoms with Gasteiger partial charge in [-0.25, -0.2) is 4.39 Å². The number of benzene rings is 1. The van der Waals surface area contributed by atoms with Crippen LogP contribution in [0.3, 0.4) is 0 Å². The fourth-order valence-electron chi connectivity index (χ4n) is 1.15. The van der Waals surface area contributed by atoms with Gasteiger partial charge in [0, 0.05) is 16.2 Å². The minimum absolute atomic E-state index is 0.171. The summed E-state index contributed by atoms with van der Waals surface area (Å²) in [6.45, 7) is 1.72. The minimum Gasteiger partial charge on any atom is -0.392 e. The van der Waals surface area contributed by atoms with Crippen LogP contribution in [0.4, 0.5) is 4.39 Å². The molecule has 1 amide bonds. The normalized spacial score (nSPS) is 14.2. The lowest BCUT2D eigenvalue weighted by molar-refractivity contribution is 0.0936. The summed E-state index contributed by atoms with van der Waals surface area (Å²) in [6.07, 6.45) is -0.692. The molecule has 0 radical (unpaired) electrons. The molecule has 0 saturated heterocycles. The first kappa shape index (κ1) is 14.3. The second-order valence-electron chi connectivity index (χ2n) is 3.74. The van der Waals surface area contributed by atoms with Crippen molar-refractivity contribution in [1.82, 2.24) is 5.32 Å². The fraction of sp³-hybridized carbons (Fsp3) is 0.364. The molecule has 17 heavy (non-hydrogen) atoms. The molecule has 1 aromatic rings. The summed E-state index contributed by atoms with van der Waals surface area (Å²) < 4.78 is 13.4. The van der Waals surface area contributed by atoms with E-state index in [1.54, 1.807) is 6.92 Å². The molecule has 0 aliphatic rings. The summed E-state index contributed by atoms with van der Waals surface area (Å²) in [5.74, 6) is -0.711. The Morgan fingerprint density at radius 3 is 2.82 bits per heavy atom. The van der Waals surface area contributed by atoms with Gasteiger partial charge in [-0.1, -0.05) is 0 Å². The van der Waals surface area contributed by atoms with Crippen LogP contribution in [0.1, 0.15) is 17.3 Å². The predicted octanol–water partition coefficient (Wildman–Crippen LogP) is 0.868. The van der Waals surface area contributed by atoms with Gasteiger partial charge in [0.05, 0.1) is 11.7 Å². The number of carbonyl (C=O) groups is 1. The van der Waals surface area contributed by atoms with Crippen LogP contribution >= 0.6 is 22.6 Å². The lowest BCUT2D eigenvalue weighted by atomic mass is 10.1. The molecule has 0 bridgehead atoms. The van der Waals surface area contributed by atoms with Crippen LogP contribution in [0.25, 0.3) is 0 Å². The van der Waals surface area contributed by atoms with Crippen molar-refractivity contribution in [3.8, 4) is 0 Å². The Morgan fingerprint density at radius 1 is 1.65 bits per heavy atom. The maximum Gasteiger partial charge on any atom is 0.252 e. The zero-order chi connectivity index (χ0) is 13.0. The highest BCUT2D eigenvalue weighted by molar-refractivity contribution is 14.1. The molecule has 1 rings (SSSR count). The topological polar surface area (TPSA) is 75.3 Å². The van der Waals surface area contributed by atoms with Crippen LogP contribution in [0, 0.1) is 9.39 Å². The fourth-order valence-corrected chi connectivity index (χ4v) is 1.87. The van der Waals surface area contributed by atoms with Crippen molar-refractivity contribution in [3.05, 3.63) is 33.1 Å². The van der Waals surface area contributed by atoms with Crippen molar-refractivity contribution >= 4 is 28.5 Å². The van der Waals surface area contributed by atoms with E-state index in [2.05, 4.69) is 5.32 Å². The highest BCUT2D eigenvalue weighted by atomic mass is 127. The van der Waals surface area contributed by atoms with Crippen LogP contribution in [0.5, 0.6) is 0 Å². The molecule has 1 aromatic carbocycles. The van der Waals surface area contributed by atoms with Crippen LogP contribution in [0.15, 0.2) is 18.2 Å². The third-order valence-electron chi connectivity index (χ3n) is 2.29. The molecule has 94 valence electrons. The summed E-state index contributed by atoms with van der Waals surface area (Å²) in [4.78, 5) is 11.7. The summed E-state index contributed by atoms with van der Waals surface area (Å²) in [7, 11) is 0. The molecule has 0 saturated carbocycles. The molecular formula is C11H14FIN2O2.